The van der Waals surface area contributed by atoms with Crippen molar-refractivity contribution in [2.75, 3.05) is 13.2 Å². The van der Waals surface area contributed by atoms with E-state index in [0.29, 0.717) is 38.5 Å². The summed E-state index contributed by atoms with van der Waals surface area (Å²) in [6.45, 7) is 1.16. The molecule has 1 aliphatic rings. The minimum Gasteiger partial charge on any atom is -0.394 e. The Morgan fingerprint density at radius 2 is 1.38 bits per heavy atom. The smallest absolute Gasteiger partial charge is 0.394 e. The van der Waals surface area contributed by atoms with Gasteiger partial charge >= 0.3 is 6.18 Å². The molecule has 0 radical (unpaired) electrons. The van der Waals surface area contributed by atoms with Crippen molar-refractivity contribution in [1.29, 1.82) is 0 Å². The molecule has 0 unspecified atom stereocenters. The summed E-state index contributed by atoms with van der Waals surface area (Å²) in [5.41, 5.74) is 0.0579. The van der Waals surface area contributed by atoms with Crippen LogP contribution in [0.1, 0.15) is 127 Å². The van der Waals surface area contributed by atoms with Gasteiger partial charge in [-0.3, -0.25) is 4.79 Å². The number of halogens is 3. The Morgan fingerprint density at radius 1 is 0.820 bits per heavy atom. The summed E-state index contributed by atoms with van der Waals surface area (Å²) in [5, 5.41) is 64.5. The minimum absolute atomic E-state index is 0.0884. The summed E-state index contributed by atoms with van der Waals surface area (Å²) in [6.07, 6.45) is 1.97. The van der Waals surface area contributed by atoms with Gasteiger partial charge in [-0.05, 0) is 43.4 Å². The lowest BCUT2D eigenvalue weighted by molar-refractivity contribution is -0.303. The molecule has 2 rings (SSSR count). The second kappa shape index (κ2) is 24.4. The van der Waals surface area contributed by atoms with Crippen molar-refractivity contribution in [3.8, 4) is 0 Å². The van der Waals surface area contributed by atoms with Gasteiger partial charge in [-0.25, -0.2) is 0 Å². The van der Waals surface area contributed by atoms with Crippen molar-refractivity contribution >= 4 is 5.91 Å². The number of benzene rings is 1. The molecule has 0 saturated carbocycles. The first-order chi connectivity index (χ1) is 23.9. The molecule has 8 atom stereocenters. The molecule has 13 heteroatoms. The molecule has 10 nitrogen and oxygen atoms in total. The van der Waals surface area contributed by atoms with E-state index in [2.05, 4.69) is 12.2 Å². The van der Waals surface area contributed by atoms with Gasteiger partial charge in [-0.2, -0.15) is 13.2 Å². The van der Waals surface area contributed by atoms with Crippen LogP contribution >= 0.6 is 0 Å². The lowest BCUT2D eigenvalue weighted by Crippen LogP contribution is -2.60. The summed E-state index contributed by atoms with van der Waals surface area (Å²) >= 11 is 0. The summed E-state index contributed by atoms with van der Waals surface area (Å²) in [7, 11) is 0. The lowest BCUT2D eigenvalue weighted by atomic mass is 9.98. The second-order valence-corrected chi connectivity index (χ2v) is 13.7. The molecule has 0 bridgehead atoms. The highest BCUT2D eigenvalue weighted by molar-refractivity contribution is 5.76. The summed E-state index contributed by atoms with van der Waals surface area (Å²) in [5.74, 6) is -0.418. The molecule has 7 N–H and O–H groups in total. The van der Waals surface area contributed by atoms with Crippen LogP contribution in [-0.4, -0.2) is 98.7 Å². The Bertz CT molecular complexity index is 1030. The van der Waals surface area contributed by atoms with Gasteiger partial charge in [0.25, 0.3) is 0 Å². The van der Waals surface area contributed by atoms with Crippen molar-refractivity contribution in [3.63, 3.8) is 0 Å². The first-order valence-electron chi connectivity index (χ1n) is 18.6. The average Bonchev–Trinajstić information content (AvgIpc) is 3.09. The summed E-state index contributed by atoms with van der Waals surface area (Å²) in [6, 6.07) is 3.88. The van der Waals surface area contributed by atoms with Crippen molar-refractivity contribution in [3.05, 3.63) is 35.4 Å². The molecule has 1 saturated heterocycles. The Morgan fingerprint density at radius 3 is 1.94 bits per heavy atom. The topological polar surface area (TPSA) is 169 Å². The number of aliphatic hydroxyl groups excluding tert-OH is 6. The molecule has 0 aromatic heterocycles. The minimum atomic E-state index is -4.39. The monoisotopic (exact) mass is 721 g/mol. The van der Waals surface area contributed by atoms with E-state index in [1.807, 2.05) is 0 Å². The number of rotatable bonds is 26. The van der Waals surface area contributed by atoms with Gasteiger partial charge in [0.05, 0.1) is 30.9 Å². The van der Waals surface area contributed by atoms with Crippen molar-refractivity contribution in [2.45, 2.75) is 178 Å². The van der Waals surface area contributed by atoms with E-state index in [9.17, 15) is 48.6 Å². The van der Waals surface area contributed by atoms with Crippen LogP contribution in [0.4, 0.5) is 13.2 Å². The summed E-state index contributed by atoms with van der Waals surface area (Å²) in [4.78, 5) is 12.9. The molecule has 1 amide bonds. The van der Waals surface area contributed by atoms with E-state index >= 15 is 0 Å². The lowest BCUT2D eigenvalue weighted by Gasteiger charge is -2.40. The van der Waals surface area contributed by atoms with E-state index in [1.165, 1.54) is 63.5 Å². The zero-order valence-electron chi connectivity index (χ0n) is 29.6. The fourth-order valence-corrected chi connectivity index (χ4v) is 6.19. The normalized spacial score (nSPS) is 23.0. The largest absolute Gasteiger partial charge is 0.416 e. The average molecular weight is 722 g/mol. The molecule has 1 aromatic rings. The van der Waals surface area contributed by atoms with Gasteiger partial charge in [0.2, 0.25) is 5.91 Å². The molecule has 0 spiro atoms. The third kappa shape index (κ3) is 16.7. The number of amides is 1. The Labute approximate surface area is 295 Å². The molecule has 50 heavy (non-hydrogen) atoms. The molecule has 0 aliphatic carbocycles. The van der Waals surface area contributed by atoms with Crippen LogP contribution in [0.15, 0.2) is 24.3 Å². The Kier molecular flexibility index (Phi) is 21.6. The molecule has 1 aliphatic heterocycles. The molecular formula is C37H62F3NO9. The van der Waals surface area contributed by atoms with Gasteiger partial charge in [0.15, 0.2) is 6.29 Å². The van der Waals surface area contributed by atoms with Crippen LogP contribution in [-0.2, 0) is 26.9 Å². The van der Waals surface area contributed by atoms with Crippen LogP contribution < -0.4 is 5.32 Å². The Balaban J connectivity index is 1.82. The highest BCUT2D eigenvalue weighted by Gasteiger charge is 2.44. The molecule has 1 aromatic carbocycles. The number of hydrogen-bond donors (Lipinski definition) is 7. The third-order valence-electron chi connectivity index (χ3n) is 9.45. The number of unbranched alkanes of at least 4 members (excludes halogenated alkanes) is 13. The van der Waals surface area contributed by atoms with E-state index in [-0.39, 0.29) is 6.42 Å². The van der Waals surface area contributed by atoms with Gasteiger partial charge in [0, 0.05) is 6.42 Å². The maximum atomic E-state index is 12.9. The van der Waals surface area contributed by atoms with Crippen LogP contribution in [0.3, 0.4) is 0 Å². The number of hydrogen-bond acceptors (Lipinski definition) is 9. The highest BCUT2D eigenvalue weighted by atomic mass is 19.4. The zero-order chi connectivity index (χ0) is 36.9. The SMILES string of the molecule is CCCCCCCCCCCCCC[C@@H](O)[C@@H](O)[C@H](CO[C@H]1O[C@H](CO)[C@H](O)[C@H](O)[C@H]1O)NC(=O)CCCCCc1ccc(C(F)(F)F)cc1. The number of aryl methyl sites for hydroxylation is 1. The van der Waals surface area contributed by atoms with E-state index < -0.39 is 79.8 Å². The number of nitrogens with one attached hydrogen (secondary N) is 1. The number of aliphatic hydroxyl groups is 6. The standard InChI is InChI=1S/C37H62F3NO9/c1-2-3-4-5-6-7-8-9-10-11-12-15-18-29(43)32(45)28(25-49-36-35(48)34(47)33(46)30(24-42)50-36)41-31(44)19-16-13-14-17-26-20-22-27(23-21-26)37(38,39)40/h20-23,28-30,32-36,42-43,45-48H,2-19,24-25H2,1H3,(H,41,44)/t28-,29+,30+,32-,33-,34-,35+,36-/m0/s1. The number of ether oxygens (including phenoxy) is 2. The van der Waals surface area contributed by atoms with Gasteiger partial charge < -0.3 is 45.4 Å². The van der Waals surface area contributed by atoms with Crippen molar-refractivity contribution in [1.82, 2.24) is 5.32 Å². The maximum Gasteiger partial charge on any atom is 0.416 e. The number of carbonyl (C=O) groups excluding carboxylic acids is 1. The predicted molar refractivity (Wildman–Crippen MR) is 183 cm³/mol. The predicted octanol–water partition coefficient (Wildman–Crippen LogP) is 4.92. The maximum absolute atomic E-state index is 12.9. The van der Waals surface area contributed by atoms with Crippen LogP contribution in [0, 0.1) is 0 Å². The van der Waals surface area contributed by atoms with E-state index in [4.69, 9.17) is 9.47 Å². The van der Waals surface area contributed by atoms with Gasteiger partial charge in [0.1, 0.15) is 30.5 Å². The molecule has 1 fully saturated rings. The van der Waals surface area contributed by atoms with Gasteiger partial charge in [-0.1, -0.05) is 103 Å². The molecule has 290 valence electrons. The van der Waals surface area contributed by atoms with Crippen LogP contribution in [0.25, 0.3) is 0 Å². The number of alkyl halides is 3. The quantitative estimate of drug-likeness (QED) is 0.0657. The third-order valence-corrected chi connectivity index (χ3v) is 9.45. The first-order valence-corrected chi connectivity index (χ1v) is 18.6. The van der Waals surface area contributed by atoms with E-state index in [1.54, 1.807) is 0 Å². The molecule has 1 heterocycles. The fraction of sp³-hybridized carbons (Fsp3) is 0.811. The van der Waals surface area contributed by atoms with Crippen LogP contribution in [0.5, 0.6) is 0 Å². The van der Waals surface area contributed by atoms with E-state index in [0.717, 1.165) is 37.0 Å². The van der Waals surface area contributed by atoms with Crippen molar-refractivity contribution < 1.29 is 58.1 Å². The van der Waals surface area contributed by atoms with Crippen LogP contribution in [0.2, 0.25) is 0 Å². The second-order valence-electron chi connectivity index (χ2n) is 13.7. The highest BCUT2D eigenvalue weighted by Crippen LogP contribution is 2.29. The molecular weight excluding hydrogens is 659 g/mol. The van der Waals surface area contributed by atoms with Gasteiger partial charge in [-0.15, -0.1) is 0 Å². The number of carbonyl (C=O) groups is 1. The van der Waals surface area contributed by atoms with Crippen molar-refractivity contribution in [2.24, 2.45) is 0 Å². The first kappa shape index (κ1) is 44.3. The summed E-state index contributed by atoms with van der Waals surface area (Å²) < 4.78 is 49.4. The fourth-order valence-electron chi connectivity index (χ4n) is 6.19. The zero-order valence-corrected chi connectivity index (χ0v) is 29.6. The Hall–Kier alpha value is -1.84.